The second-order valence-electron chi connectivity index (χ2n) is 10.6. The van der Waals surface area contributed by atoms with E-state index in [1.54, 1.807) is 6.92 Å². The predicted octanol–water partition coefficient (Wildman–Crippen LogP) is 6.29. The van der Waals surface area contributed by atoms with Crippen LogP contribution in [0.5, 0.6) is 11.5 Å². The number of aryl methyl sites for hydroxylation is 2. The Balaban J connectivity index is 1.26. The minimum Gasteiger partial charge on any atom is -0.490 e. The highest BCUT2D eigenvalue weighted by atomic mass is 19.1. The van der Waals surface area contributed by atoms with E-state index in [0.29, 0.717) is 30.4 Å². The van der Waals surface area contributed by atoms with Crippen LogP contribution < -0.4 is 14.8 Å². The summed E-state index contributed by atoms with van der Waals surface area (Å²) in [6.07, 6.45) is 2.86. The summed E-state index contributed by atoms with van der Waals surface area (Å²) in [4.78, 5) is 16.0. The number of rotatable bonds is 10. The lowest BCUT2D eigenvalue weighted by molar-refractivity contribution is -0.128. The van der Waals surface area contributed by atoms with Crippen molar-refractivity contribution in [1.82, 2.24) is 10.2 Å². The molecule has 3 aromatic carbocycles. The number of hydrogen-bond acceptors (Lipinski definition) is 4. The third-order valence-electron chi connectivity index (χ3n) is 7.83. The van der Waals surface area contributed by atoms with Crippen LogP contribution in [-0.2, 0) is 11.3 Å². The van der Waals surface area contributed by atoms with Crippen LogP contribution in [0.1, 0.15) is 47.1 Å². The Morgan fingerprint density at radius 3 is 2.45 bits per heavy atom. The molecule has 0 atom stereocenters. The number of amides is 1. The molecule has 0 saturated heterocycles. The van der Waals surface area contributed by atoms with Crippen LogP contribution in [0, 0.1) is 32.4 Å². The first-order valence-corrected chi connectivity index (χ1v) is 13.9. The topological polar surface area (TPSA) is 50.8 Å². The lowest BCUT2D eigenvalue weighted by Gasteiger charge is -2.29. The van der Waals surface area contributed by atoms with Crippen molar-refractivity contribution in [3.8, 4) is 11.5 Å². The molecule has 0 bridgehead atoms. The van der Waals surface area contributed by atoms with E-state index < -0.39 is 11.6 Å². The predicted molar refractivity (Wildman–Crippen MR) is 152 cm³/mol. The molecule has 2 aliphatic rings. The van der Waals surface area contributed by atoms with Crippen molar-refractivity contribution < 1.29 is 23.0 Å². The van der Waals surface area contributed by atoms with Gasteiger partial charge < -0.3 is 19.7 Å². The summed E-state index contributed by atoms with van der Waals surface area (Å²) in [6.45, 7) is 7.92. The van der Waals surface area contributed by atoms with Gasteiger partial charge in [0, 0.05) is 24.7 Å². The molecule has 3 aromatic rings. The first-order chi connectivity index (χ1) is 19.3. The lowest BCUT2D eigenvalue weighted by Crippen LogP contribution is -2.39. The summed E-state index contributed by atoms with van der Waals surface area (Å²) in [5.41, 5.74) is 6.90. The molecule has 0 radical (unpaired) electrons. The molecule has 0 spiro atoms. The summed E-state index contributed by atoms with van der Waals surface area (Å²) >= 11 is 0. The number of hydrogen-bond donors (Lipinski definition) is 1. The van der Waals surface area contributed by atoms with Crippen molar-refractivity contribution in [2.75, 3.05) is 26.3 Å². The maximum atomic E-state index is 14.1. The van der Waals surface area contributed by atoms with Crippen molar-refractivity contribution >= 4 is 11.5 Å². The number of carbonyl (C=O) groups excluding carboxylic acids is 1. The van der Waals surface area contributed by atoms with Crippen LogP contribution in [0.4, 0.5) is 8.78 Å². The van der Waals surface area contributed by atoms with E-state index in [2.05, 4.69) is 42.3 Å². The van der Waals surface area contributed by atoms with Gasteiger partial charge in [-0.05, 0) is 98.2 Å². The smallest absolute Gasteiger partial charge is 0.251 e. The molecular weight excluding hydrogens is 510 g/mol. The van der Waals surface area contributed by atoms with E-state index in [1.807, 2.05) is 24.3 Å². The van der Waals surface area contributed by atoms with Gasteiger partial charge in [-0.1, -0.05) is 36.4 Å². The van der Waals surface area contributed by atoms with Crippen LogP contribution in [-0.4, -0.2) is 43.2 Å². The van der Waals surface area contributed by atoms with Gasteiger partial charge in [0.25, 0.3) is 5.91 Å². The van der Waals surface area contributed by atoms with Crippen LogP contribution in [0.3, 0.4) is 0 Å². The van der Waals surface area contributed by atoms with Crippen molar-refractivity contribution in [2.45, 2.75) is 52.6 Å². The second-order valence-corrected chi connectivity index (χ2v) is 10.6. The molecule has 7 heteroatoms. The molecule has 1 heterocycles. The van der Waals surface area contributed by atoms with Gasteiger partial charge >= 0.3 is 0 Å². The first-order valence-electron chi connectivity index (χ1n) is 13.9. The van der Waals surface area contributed by atoms with Crippen molar-refractivity contribution in [2.24, 2.45) is 0 Å². The zero-order valence-electron chi connectivity index (χ0n) is 23.4. The lowest BCUT2D eigenvalue weighted by atomic mass is 9.93. The van der Waals surface area contributed by atoms with Crippen LogP contribution in [0.15, 0.2) is 60.2 Å². The zero-order chi connectivity index (χ0) is 28.2. The van der Waals surface area contributed by atoms with Gasteiger partial charge in [0.15, 0.2) is 17.4 Å². The minimum atomic E-state index is -0.734. The minimum absolute atomic E-state index is 0.00588. The molecule has 210 valence electrons. The normalized spacial score (nSPS) is 15.2. The molecule has 1 fully saturated rings. The maximum Gasteiger partial charge on any atom is 0.251 e. The van der Waals surface area contributed by atoms with E-state index in [9.17, 15) is 13.6 Å². The highest BCUT2D eigenvalue weighted by Crippen LogP contribution is 2.34. The highest BCUT2D eigenvalue weighted by Gasteiger charge is 2.35. The average Bonchev–Trinajstić information content (AvgIpc) is 3.81. The monoisotopic (exact) mass is 546 g/mol. The quantitative estimate of drug-likeness (QED) is 0.304. The fourth-order valence-corrected chi connectivity index (χ4v) is 5.12. The molecule has 1 saturated carbocycles. The number of ether oxygens (including phenoxy) is 2. The second kappa shape index (κ2) is 12.2. The van der Waals surface area contributed by atoms with Crippen LogP contribution in [0.25, 0.3) is 5.57 Å². The van der Waals surface area contributed by atoms with Gasteiger partial charge in [-0.15, -0.1) is 0 Å². The molecule has 1 amide bonds. The van der Waals surface area contributed by atoms with Crippen LogP contribution in [0.2, 0.25) is 0 Å². The van der Waals surface area contributed by atoms with Gasteiger partial charge in [-0.25, -0.2) is 8.78 Å². The summed E-state index contributed by atoms with van der Waals surface area (Å²) in [6, 6.07) is 16.8. The Hall–Kier alpha value is -3.71. The van der Waals surface area contributed by atoms with Crippen molar-refractivity contribution in [1.29, 1.82) is 0 Å². The summed E-state index contributed by atoms with van der Waals surface area (Å²) in [5, 5.41) is 3.39. The van der Waals surface area contributed by atoms with Gasteiger partial charge in [0.05, 0.1) is 0 Å². The first kappa shape index (κ1) is 27.8. The SMILES string of the molecule is Cc1cccc(CN(C(=O)C2=C(c3ccc(OCCOc4c(F)ccc(C)c4F)cc3)CCNC2)C2CC2)c1C. The largest absolute Gasteiger partial charge is 0.490 e. The molecule has 0 aromatic heterocycles. The van der Waals surface area contributed by atoms with E-state index >= 15 is 0 Å². The van der Waals surface area contributed by atoms with E-state index in [0.717, 1.165) is 42.5 Å². The fraction of sp³-hybridized carbons (Fsp3) is 0.364. The van der Waals surface area contributed by atoms with Gasteiger partial charge in [0.1, 0.15) is 19.0 Å². The van der Waals surface area contributed by atoms with Gasteiger partial charge in [-0.3, -0.25) is 4.79 Å². The summed E-state index contributed by atoms with van der Waals surface area (Å²) in [5.74, 6) is -1.08. The van der Waals surface area contributed by atoms with E-state index in [4.69, 9.17) is 9.47 Å². The Bertz CT molecular complexity index is 1410. The van der Waals surface area contributed by atoms with Gasteiger partial charge in [-0.2, -0.15) is 0 Å². The number of halogens is 2. The van der Waals surface area contributed by atoms with E-state index in [1.165, 1.54) is 28.8 Å². The molecule has 1 aliphatic carbocycles. The standard InChI is InChI=1S/C33H36F2N2O3/c1-21-5-4-6-25(23(21)3)20-37(26-10-11-26)33(38)29-19-36-16-15-28(29)24-8-12-27(13-9-24)39-17-18-40-32-30(34)14-7-22(2)31(32)35/h4-9,12-14,26,36H,10-11,15-20H2,1-3H3. The van der Waals surface area contributed by atoms with Crippen LogP contribution >= 0.6 is 0 Å². The molecule has 5 rings (SSSR count). The van der Waals surface area contributed by atoms with Crippen molar-refractivity contribution in [3.05, 3.63) is 99.6 Å². The molecule has 1 N–H and O–H groups in total. The Labute approximate surface area is 234 Å². The Morgan fingerprint density at radius 1 is 0.950 bits per heavy atom. The molecule has 40 heavy (non-hydrogen) atoms. The van der Waals surface area contributed by atoms with Gasteiger partial charge in [0.2, 0.25) is 0 Å². The molecular formula is C33H36F2N2O3. The highest BCUT2D eigenvalue weighted by molar-refractivity contribution is 6.02. The molecule has 0 unspecified atom stereocenters. The Kier molecular flexibility index (Phi) is 8.50. The Morgan fingerprint density at radius 2 is 1.70 bits per heavy atom. The average molecular weight is 547 g/mol. The number of benzene rings is 3. The fourth-order valence-electron chi connectivity index (χ4n) is 5.12. The van der Waals surface area contributed by atoms with E-state index in [-0.39, 0.29) is 24.9 Å². The molecule has 5 nitrogen and oxygen atoms in total. The van der Waals surface area contributed by atoms with Crippen molar-refractivity contribution in [3.63, 3.8) is 0 Å². The summed E-state index contributed by atoms with van der Waals surface area (Å²) in [7, 11) is 0. The summed E-state index contributed by atoms with van der Waals surface area (Å²) < 4.78 is 39.1. The number of carbonyl (C=O) groups is 1. The number of nitrogens with one attached hydrogen (secondary N) is 1. The molecule has 1 aliphatic heterocycles. The third kappa shape index (κ3) is 6.20. The third-order valence-corrected chi connectivity index (χ3v) is 7.83. The number of nitrogens with zero attached hydrogens (tertiary/aromatic N) is 1. The maximum absolute atomic E-state index is 14.1. The zero-order valence-corrected chi connectivity index (χ0v) is 23.4.